The number of hydrogen-bond acceptors (Lipinski definition) is 9. The number of H-pyrrole nitrogens is 1. The molecule has 3 aromatic rings. The Labute approximate surface area is 206 Å². The van der Waals surface area contributed by atoms with Gasteiger partial charge in [-0.2, -0.15) is 10.4 Å². The molecule has 0 radical (unpaired) electrons. The highest BCUT2D eigenvalue weighted by molar-refractivity contribution is 6.33. The third kappa shape index (κ3) is 6.16. The largest absolute Gasteiger partial charge is 0.493 e. The van der Waals surface area contributed by atoms with E-state index in [0.717, 1.165) is 0 Å². The van der Waals surface area contributed by atoms with Crippen molar-refractivity contribution in [3.05, 3.63) is 69.0 Å². The molecule has 1 aromatic heterocycles. The van der Waals surface area contributed by atoms with Gasteiger partial charge in [-0.15, -0.1) is 0 Å². The van der Waals surface area contributed by atoms with E-state index in [9.17, 15) is 14.9 Å². The minimum atomic E-state index is -0.862. The molecule has 2 N–H and O–H groups in total. The van der Waals surface area contributed by atoms with E-state index < -0.39 is 17.6 Å². The van der Waals surface area contributed by atoms with Crippen molar-refractivity contribution in [3.8, 4) is 28.8 Å². The first-order valence-corrected chi connectivity index (χ1v) is 10.9. The number of nitriles is 1. The Morgan fingerprint density at radius 1 is 1.31 bits per heavy atom. The van der Waals surface area contributed by atoms with E-state index in [4.69, 9.17) is 25.8 Å². The second-order valence-electron chi connectivity index (χ2n) is 7.02. The number of hydrogen-bond donors (Lipinski definition) is 2. The van der Waals surface area contributed by atoms with Crippen LogP contribution in [-0.4, -0.2) is 42.0 Å². The minimum absolute atomic E-state index is 0.0374. The smallest absolute Gasteiger partial charge is 0.347 e. The maximum absolute atomic E-state index is 12.4. The Kier molecular flexibility index (Phi) is 8.43. The van der Waals surface area contributed by atoms with Crippen LogP contribution in [0.5, 0.6) is 11.5 Å². The summed E-state index contributed by atoms with van der Waals surface area (Å²) in [5.41, 5.74) is 3.24. The van der Waals surface area contributed by atoms with Crippen molar-refractivity contribution >= 4 is 29.7 Å². The van der Waals surface area contributed by atoms with Gasteiger partial charge in [0.25, 0.3) is 5.56 Å². The topological polar surface area (TPSA) is 139 Å². The average Bonchev–Trinajstić information content (AvgIpc) is 2.85. The molecule has 0 saturated heterocycles. The van der Waals surface area contributed by atoms with Crippen molar-refractivity contribution < 1.29 is 19.0 Å². The molecule has 0 aliphatic heterocycles. The summed E-state index contributed by atoms with van der Waals surface area (Å²) in [6, 6.07) is 13.8. The fourth-order valence-electron chi connectivity index (χ4n) is 3.00. The molecule has 2 aromatic carbocycles. The maximum Gasteiger partial charge on any atom is 0.347 e. The zero-order valence-corrected chi connectivity index (χ0v) is 19.9. The lowest BCUT2D eigenvalue weighted by molar-refractivity contribution is -0.150. The van der Waals surface area contributed by atoms with Crippen molar-refractivity contribution in [2.45, 2.75) is 20.0 Å². The SMILES string of the molecule is CCOC(=O)C(C)Oc1cc(Cl)c(C=NNc2nc(-c3ccccc3)c(C#N)c(=O)[nH]2)cc1OC. The molecule has 0 bridgehead atoms. The lowest BCUT2D eigenvalue weighted by Crippen LogP contribution is -2.26. The standard InChI is InChI=1S/C24H22ClN5O5/c1-4-34-23(32)14(2)35-20-11-18(25)16(10-19(20)33-3)13-27-30-24-28-21(15-8-6-5-7-9-15)17(12-26)22(31)29-24/h5-11,13-14H,4H2,1-3H3,(H2,28,29,30,31). The molecule has 0 spiro atoms. The molecule has 10 nitrogen and oxygen atoms in total. The molecule has 35 heavy (non-hydrogen) atoms. The molecule has 180 valence electrons. The van der Waals surface area contributed by atoms with E-state index in [1.54, 1.807) is 44.2 Å². The van der Waals surface area contributed by atoms with Gasteiger partial charge in [0, 0.05) is 17.2 Å². The monoisotopic (exact) mass is 495 g/mol. The summed E-state index contributed by atoms with van der Waals surface area (Å²) in [6.45, 7) is 3.49. The number of nitrogens with zero attached hydrogens (tertiary/aromatic N) is 3. The van der Waals surface area contributed by atoms with Gasteiger partial charge in [-0.05, 0) is 19.9 Å². The molecular formula is C24H22ClN5O5. The maximum atomic E-state index is 12.4. The van der Waals surface area contributed by atoms with Gasteiger partial charge in [-0.1, -0.05) is 41.9 Å². The number of carbonyl (C=O) groups excluding carboxylic acids is 1. The predicted octanol–water partition coefficient (Wildman–Crippen LogP) is 3.75. The molecule has 0 aliphatic rings. The van der Waals surface area contributed by atoms with Crippen molar-refractivity contribution in [1.29, 1.82) is 5.26 Å². The van der Waals surface area contributed by atoms with Gasteiger partial charge in [-0.25, -0.2) is 15.2 Å². The zero-order valence-electron chi connectivity index (χ0n) is 19.2. The molecule has 0 amide bonds. The normalized spacial score (nSPS) is 11.5. The van der Waals surface area contributed by atoms with Gasteiger partial charge in [0.05, 0.1) is 30.6 Å². The number of esters is 1. The zero-order chi connectivity index (χ0) is 25.4. The Balaban J connectivity index is 1.83. The first kappa shape index (κ1) is 25.3. The third-order valence-electron chi connectivity index (χ3n) is 4.66. The number of anilines is 1. The summed E-state index contributed by atoms with van der Waals surface area (Å²) in [4.78, 5) is 31.0. The van der Waals surface area contributed by atoms with Gasteiger partial charge in [0.1, 0.15) is 11.6 Å². The molecule has 1 unspecified atom stereocenters. The quantitative estimate of drug-likeness (QED) is 0.260. The van der Waals surface area contributed by atoms with Crippen LogP contribution in [0.25, 0.3) is 11.3 Å². The van der Waals surface area contributed by atoms with Crippen molar-refractivity contribution in [1.82, 2.24) is 9.97 Å². The van der Waals surface area contributed by atoms with Gasteiger partial charge in [-0.3, -0.25) is 9.78 Å². The van der Waals surface area contributed by atoms with Crippen LogP contribution in [0, 0.1) is 11.3 Å². The summed E-state index contributed by atoms with van der Waals surface area (Å²) in [5, 5.41) is 13.7. The Hall–Kier alpha value is -4.36. The molecule has 3 rings (SSSR count). The number of rotatable bonds is 9. The number of ether oxygens (including phenoxy) is 3. The van der Waals surface area contributed by atoms with Crippen LogP contribution in [0.1, 0.15) is 25.0 Å². The molecule has 1 heterocycles. The van der Waals surface area contributed by atoms with E-state index in [1.807, 2.05) is 12.1 Å². The van der Waals surface area contributed by atoms with Gasteiger partial charge in [0.2, 0.25) is 5.95 Å². The first-order valence-electron chi connectivity index (χ1n) is 10.5. The van der Waals surface area contributed by atoms with E-state index in [1.165, 1.54) is 19.4 Å². The minimum Gasteiger partial charge on any atom is -0.493 e. The van der Waals surface area contributed by atoms with Crippen molar-refractivity contribution in [3.63, 3.8) is 0 Å². The number of carbonyl (C=O) groups is 1. The van der Waals surface area contributed by atoms with Crippen LogP contribution in [0.15, 0.2) is 52.4 Å². The highest BCUT2D eigenvalue weighted by atomic mass is 35.5. The number of aromatic amines is 1. The number of nitrogens with one attached hydrogen (secondary N) is 2. The Morgan fingerprint density at radius 3 is 2.71 bits per heavy atom. The average molecular weight is 496 g/mol. The predicted molar refractivity (Wildman–Crippen MR) is 131 cm³/mol. The lowest BCUT2D eigenvalue weighted by Gasteiger charge is -2.16. The summed E-state index contributed by atoms with van der Waals surface area (Å²) in [6.07, 6.45) is 0.531. The lowest BCUT2D eigenvalue weighted by atomic mass is 10.1. The van der Waals surface area contributed by atoms with Crippen molar-refractivity contribution in [2.75, 3.05) is 19.1 Å². The molecule has 11 heteroatoms. The van der Waals surface area contributed by atoms with E-state index in [2.05, 4.69) is 20.5 Å². The van der Waals surface area contributed by atoms with Gasteiger partial charge in [0.15, 0.2) is 17.6 Å². The molecule has 1 atom stereocenters. The van der Waals surface area contributed by atoms with E-state index >= 15 is 0 Å². The van der Waals surface area contributed by atoms with Crippen molar-refractivity contribution in [2.24, 2.45) is 5.10 Å². The fourth-order valence-corrected chi connectivity index (χ4v) is 3.20. The summed E-state index contributed by atoms with van der Waals surface area (Å²) >= 11 is 6.35. The second-order valence-corrected chi connectivity index (χ2v) is 7.43. The number of aromatic nitrogens is 2. The summed E-state index contributed by atoms with van der Waals surface area (Å²) in [5.74, 6) is 0.103. The van der Waals surface area contributed by atoms with Crippen LogP contribution in [-0.2, 0) is 9.53 Å². The van der Waals surface area contributed by atoms with Crippen LogP contribution >= 0.6 is 11.6 Å². The summed E-state index contributed by atoms with van der Waals surface area (Å²) in [7, 11) is 1.45. The first-order chi connectivity index (χ1) is 16.9. The highest BCUT2D eigenvalue weighted by Crippen LogP contribution is 2.33. The molecular weight excluding hydrogens is 474 g/mol. The van der Waals surface area contributed by atoms with E-state index in [0.29, 0.717) is 16.9 Å². The molecule has 0 saturated carbocycles. The number of methoxy groups -OCH3 is 1. The molecule has 0 aliphatic carbocycles. The Morgan fingerprint density at radius 2 is 2.06 bits per heavy atom. The van der Waals surface area contributed by atoms with Crippen LogP contribution in [0.4, 0.5) is 5.95 Å². The number of hydrazone groups is 1. The van der Waals surface area contributed by atoms with E-state index in [-0.39, 0.29) is 34.6 Å². The highest BCUT2D eigenvalue weighted by Gasteiger charge is 2.19. The van der Waals surface area contributed by atoms with Gasteiger partial charge >= 0.3 is 5.97 Å². The van der Waals surface area contributed by atoms with Crippen LogP contribution in [0.3, 0.4) is 0 Å². The molecule has 0 fully saturated rings. The summed E-state index contributed by atoms with van der Waals surface area (Å²) < 4.78 is 15.9. The fraction of sp³-hybridized carbons (Fsp3) is 0.208. The van der Waals surface area contributed by atoms with Crippen LogP contribution in [0.2, 0.25) is 5.02 Å². The Bertz CT molecular complexity index is 1330. The number of benzene rings is 2. The number of halogens is 1. The third-order valence-corrected chi connectivity index (χ3v) is 4.99. The van der Waals surface area contributed by atoms with Gasteiger partial charge < -0.3 is 14.2 Å². The second kappa shape index (κ2) is 11.7. The van der Waals surface area contributed by atoms with Crippen LogP contribution < -0.4 is 20.5 Å².